The molecular formula is C24H44CuMgO28. The summed E-state index contributed by atoms with van der Waals surface area (Å²) in [5, 5.41) is 214. The average molecular weight is 868 g/mol. The van der Waals surface area contributed by atoms with E-state index in [0.29, 0.717) is 0 Å². The molecule has 28 nitrogen and oxygen atoms in total. The molecule has 16 unspecified atom stereocenters. The molecule has 0 amide bonds. The molecule has 0 aromatic carbocycles. The zero-order valence-corrected chi connectivity index (χ0v) is 29.6. The van der Waals surface area contributed by atoms with Gasteiger partial charge in [-0.1, -0.05) is 0 Å². The van der Waals surface area contributed by atoms with Crippen molar-refractivity contribution in [1.82, 2.24) is 0 Å². The summed E-state index contributed by atoms with van der Waals surface area (Å²) in [6, 6.07) is 0. The van der Waals surface area contributed by atoms with Crippen molar-refractivity contribution in [2.75, 3.05) is 26.4 Å². The predicted molar refractivity (Wildman–Crippen MR) is 150 cm³/mol. The first-order chi connectivity index (χ1) is 23.7. The van der Waals surface area contributed by atoms with Gasteiger partial charge in [-0.05, 0) is 0 Å². The molecule has 16 atom stereocenters. The number of carbonyl (C=O) groups excluding carboxylic acids is 4. The zero-order chi connectivity index (χ0) is 42.4. The van der Waals surface area contributed by atoms with Gasteiger partial charge in [-0.2, -0.15) is 0 Å². The van der Waals surface area contributed by atoms with Gasteiger partial charge in [0.1, 0.15) is 97.7 Å². The number of rotatable bonds is 20. The van der Waals surface area contributed by atoms with Crippen molar-refractivity contribution < 1.29 is 159 Å². The van der Waals surface area contributed by atoms with E-state index in [2.05, 4.69) is 0 Å². The van der Waals surface area contributed by atoms with Gasteiger partial charge in [-0.25, -0.2) is 0 Å². The van der Waals surface area contributed by atoms with Crippen molar-refractivity contribution in [1.29, 1.82) is 0 Å². The minimum Gasteiger partial charge on any atom is -0.547 e. The quantitative estimate of drug-likeness (QED) is 0.0505. The molecule has 0 bridgehead atoms. The number of carbonyl (C=O) groups is 4. The summed E-state index contributed by atoms with van der Waals surface area (Å²) in [6.45, 7) is -3.45. The Balaban J connectivity index is -0.000000140. The van der Waals surface area contributed by atoms with Crippen molar-refractivity contribution in [2.45, 2.75) is 97.7 Å². The third-order valence-electron chi connectivity index (χ3n) is 5.98. The smallest absolute Gasteiger partial charge is 0.547 e. The van der Waals surface area contributed by atoms with Gasteiger partial charge in [-0.15, -0.1) is 0 Å². The SMILES string of the molecule is O=C([O-])C(O)C(O)C(O)C(O)CO.O=C([O-])C(O)C(O)C(O)C(O)CO.O=C([O-])C(O)C(O)C(O)C(O)CO.O=C([O-])C(O)C(O)C(O)C(O)CO.[Cu+2].[Mg+2]. The number of carboxylic acid groups (broad SMARTS) is 4. The first-order valence-corrected chi connectivity index (χ1v) is 13.8. The minimum absolute atomic E-state index is 0. The van der Waals surface area contributed by atoms with E-state index in [-0.39, 0.29) is 40.1 Å². The fourth-order valence-electron chi connectivity index (χ4n) is 2.65. The summed E-state index contributed by atoms with van der Waals surface area (Å²) in [6.07, 6.45) is -32.3. The monoisotopic (exact) mass is 867 g/mol. The number of carboxylic acids is 4. The summed E-state index contributed by atoms with van der Waals surface area (Å²) in [5.41, 5.74) is 0. The molecule has 54 heavy (non-hydrogen) atoms. The molecule has 1 radical (unpaired) electrons. The summed E-state index contributed by atoms with van der Waals surface area (Å²) >= 11 is 0. The molecule has 0 aliphatic carbocycles. The van der Waals surface area contributed by atoms with E-state index >= 15 is 0 Å². The molecule has 0 aromatic rings. The van der Waals surface area contributed by atoms with Gasteiger partial charge >= 0.3 is 40.1 Å². The van der Waals surface area contributed by atoms with Gasteiger partial charge in [0.25, 0.3) is 0 Å². The van der Waals surface area contributed by atoms with E-state index in [9.17, 15) is 39.6 Å². The van der Waals surface area contributed by atoms with E-state index in [1.165, 1.54) is 0 Å². The number of aliphatic hydroxyl groups excluding tert-OH is 20. The maximum absolute atomic E-state index is 9.98. The Morgan fingerprint density at radius 1 is 0.315 bits per heavy atom. The molecule has 0 saturated carbocycles. The molecule has 20 N–H and O–H groups in total. The molecule has 0 heterocycles. The first-order valence-electron chi connectivity index (χ1n) is 13.8. The van der Waals surface area contributed by atoms with E-state index < -0.39 is 148 Å². The summed E-state index contributed by atoms with van der Waals surface area (Å²) in [4.78, 5) is 39.9. The van der Waals surface area contributed by atoms with Gasteiger partial charge in [0.2, 0.25) is 0 Å². The Morgan fingerprint density at radius 2 is 0.426 bits per heavy atom. The van der Waals surface area contributed by atoms with Crippen LogP contribution in [-0.4, -0.2) is 273 Å². The topological polar surface area (TPSA) is 565 Å². The van der Waals surface area contributed by atoms with Crippen molar-refractivity contribution in [2.24, 2.45) is 0 Å². The number of hydrogen-bond acceptors (Lipinski definition) is 28. The Labute approximate surface area is 329 Å². The maximum Gasteiger partial charge on any atom is 2.00 e. The first kappa shape index (κ1) is 64.3. The van der Waals surface area contributed by atoms with Crippen LogP contribution < -0.4 is 20.4 Å². The van der Waals surface area contributed by atoms with Crippen molar-refractivity contribution in [3.8, 4) is 0 Å². The standard InChI is InChI=1S/4C6H12O7.Cu.Mg/c4*7-1-2(8)3(9)4(10)5(11)6(12)13;;/h4*2-5,7-11H,1H2,(H,12,13);;/q;;;;2*+2/p-4. The minimum atomic E-state index is -2.31. The van der Waals surface area contributed by atoms with Crippen LogP contribution in [-0.2, 0) is 36.2 Å². The molecule has 0 aliphatic heterocycles. The van der Waals surface area contributed by atoms with Crippen LogP contribution in [0.1, 0.15) is 0 Å². The molecular weight excluding hydrogens is 824 g/mol. The Hall–Kier alpha value is -1.63. The largest absolute Gasteiger partial charge is 2.00 e. The summed E-state index contributed by atoms with van der Waals surface area (Å²) in [7, 11) is 0. The number of hydrogen-bond donors (Lipinski definition) is 20. The van der Waals surface area contributed by atoms with Crippen molar-refractivity contribution in [3.05, 3.63) is 0 Å². The summed E-state index contributed by atoms with van der Waals surface area (Å²) < 4.78 is 0. The Kier molecular flexibility index (Phi) is 39.9. The van der Waals surface area contributed by atoms with Crippen molar-refractivity contribution >= 4 is 46.9 Å². The molecule has 0 fully saturated rings. The van der Waals surface area contributed by atoms with E-state index in [4.69, 9.17) is 102 Å². The molecule has 0 rings (SSSR count). The van der Waals surface area contributed by atoms with Crippen LogP contribution >= 0.6 is 0 Å². The van der Waals surface area contributed by atoms with Gasteiger partial charge in [-0.3, -0.25) is 0 Å². The maximum atomic E-state index is 9.98. The van der Waals surface area contributed by atoms with E-state index in [1.54, 1.807) is 0 Å². The van der Waals surface area contributed by atoms with Crippen LogP contribution in [0.15, 0.2) is 0 Å². The normalized spacial score (nSPS) is 19.6. The van der Waals surface area contributed by atoms with Gasteiger partial charge in [0.15, 0.2) is 0 Å². The second-order valence-electron chi connectivity index (χ2n) is 9.98. The fourth-order valence-corrected chi connectivity index (χ4v) is 2.65. The fraction of sp³-hybridized carbons (Fsp3) is 0.833. The van der Waals surface area contributed by atoms with Crippen molar-refractivity contribution in [3.63, 3.8) is 0 Å². The van der Waals surface area contributed by atoms with Crippen LogP contribution in [0.4, 0.5) is 0 Å². The van der Waals surface area contributed by atoms with Gasteiger partial charge in [0.05, 0.1) is 50.3 Å². The molecule has 0 saturated heterocycles. The third-order valence-corrected chi connectivity index (χ3v) is 5.98. The van der Waals surface area contributed by atoms with E-state index in [1.807, 2.05) is 0 Å². The van der Waals surface area contributed by atoms with Gasteiger partial charge in [0, 0.05) is 0 Å². The second kappa shape index (κ2) is 33.5. The van der Waals surface area contributed by atoms with E-state index in [0.717, 1.165) is 0 Å². The predicted octanol–water partition coefficient (Wildman–Crippen LogP) is -19.7. The summed E-state index contributed by atoms with van der Waals surface area (Å²) in [5.74, 6) is -7.90. The molecule has 0 spiro atoms. The molecule has 30 heteroatoms. The number of aliphatic carboxylic acids is 4. The third kappa shape index (κ3) is 24.8. The van der Waals surface area contributed by atoms with Crippen LogP contribution in [0.3, 0.4) is 0 Å². The Morgan fingerprint density at radius 3 is 0.500 bits per heavy atom. The van der Waals surface area contributed by atoms with Crippen LogP contribution in [0.2, 0.25) is 0 Å². The van der Waals surface area contributed by atoms with Crippen LogP contribution in [0.25, 0.3) is 0 Å². The second-order valence-corrected chi connectivity index (χ2v) is 9.98. The van der Waals surface area contributed by atoms with Gasteiger partial charge < -0.3 is 142 Å². The Bertz CT molecular complexity index is 848. The molecule has 0 aliphatic rings. The molecule has 321 valence electrons. The molecule has 0 aromatic heterocycles. The average Bonchev–Trinajstić information content (AvgIpc) is 3.12. The van der Waals surface area contributed by atoms with Crippen LogP contribution in [0, 0.1) is 0 Å². The zero-order valence-electron chi connectivity index (χ0n) is 27.3. The van der Waals surface area contributed by atoms with Crippen LogP contribution in [0.5, 0.6) is 0 Å². The number of aliphatic hydroxyl groups is 20.